The highest BCUT2D eigenvalue weighted by Gasteiger charge is 2.14. The van der Waals surface area contributed by atoms with Gasteiger partial charge in [-0.1, -0.05) is 32.9 Å². The van der Waals surface area contributed by atoms with Crippen molar-refractivity contribution < 1.29 is 9.47 Å². The lowest BCUT2D eigenvalue weighted by atomic mass is 9.93. The molecule has 0 aromatic heterocycles. The van der Waals surface area contributed by atoms with Crippen LogP contribution in [-0.2, 0) is 6.54 Å². The molecule has 108 valence electrons. The van der Waals surface area contributed by atoms with Crippen LogP contribution in [0, 0.1) is 5.41 Å². The first-order valence-corrected chi connectivity index (χ1v) is 7.00. The number of hydrogen-bond acceptors (Lipinski definition) is 3. The highest BCUT2D eigenvalue weighted by Crippen LogP contribution is 2.32. The van der Waals surface area contributed by atoms with Gasteiger partial charge in [0.25, 0.3) is 0 Å². The first-order chi connectivity index (χ1) is 8.98. The van der Waals surface area contributed by atoms with Crippen molar-refractivity contribution in [1.82, 2.24) is 5.32 Å². The lowest BCUT2D eigenvalue weighted by molar-refractivity contribution is 0.227. The Labute approximate surface area is 117 Å². The summed E-state index contributed by atoms with van der Waals surface area (Å²) in [7, 11) is 1.94. The van der Waals surface area contributed by atoms with E-state index in [4.69, 9.17) is 9.47 Å². The molecule has 0 unspecified atom stereocenters. The van der Waals surface area contributed by atoms with E-state index in [-0.39, 0.29) is 5.41 Å². The molecule has 0 spiro atoms. The average molecular weight is 265 g/mol. The summed E-state index contributed by atoms with van der Waals surface area (Å²) in [6.07, 6.45) is 1.02. The smallest absolute Gasteiger partial charge is 0.165 e. The quantitative estimate of drug-likeness (QED) is 0.817. The monoisotopic (exact) mass is 265 g/mol. The lowest BCUT2D eigenvalue weighted by Gasteiger charge is -2.20. The summed E-state index contributed by atoms with van der Waals surface area (Å²) in [5, 5.41) is 3.16. The van der Waals surface area contributed by atoms with Crippen molar-refractivity contribution in [2.75, 3.05) is 20.3 Å². The molecule has 0 saturated heterocycles. The normalized spacial score (nSPS) is 11.4. The number of rotatable bonds is 7. The van der Waals surface area contributed by atoms with Crippen molar-refractivity contribution in [2.45, 2.75) is 40.7 Å². The van der Waals surface area contributed by atoms with Crippen molar-refractivity contribution in [1.29, 1.82) is 0 Å². The van der Waals surface area contributed by atoms with Crippen molar-refractivity contribution in [3.05, 3.63) is 23.8 Å². The third kappa shape index (κ3) is 5.52. The Balaban J connectivity index is 2.81. The van der Waals surface area contributed by atoms with E-state index in [1.54, 1.807) is 0 Å². The van der Waals surface area contributed by atoms with E-state index in [9.17, 15) is 0 Å². The van der Waals surface area contributed by atoms with Crippen LogP contribution in [0.3, 0.4) is 0 Å². The van der Waals surface area contributed by atoms with Crippen LogP contribution in [0.25, 0.3) is 0 Å². The van der Waals surface area contributed by atoms with Crippen LogP contribution in [0.2, 0.25) is 0 Å². The molecular weight excluding hydrogens is 238 g/mol. The molecule has 0 aliphatic carbocycles. The van der Waals surface area contributed by atoms with E-state index in [0.717, 1.165) is 30.0 Å². The van der Waals surface area contributed by atoms with E-state index < -0.39 is 0 Å². The van der Waals surface area contributed by atoms with Gasteiger partial charge in [-0.3, -0.25) is 0 Å². The molecule has 0 fully saturated rings. The minimum atomic E-state index is 0.281. The molecule has 0 aliphatic heterocycles. The minimum Gasteiger partial charge on any atom is -0.490 e. The molecule has 0 amide bonds. The van der Waals surface area contributed by atoms with Gasteiger partial charge in [-0.2, -0.15) is 0 Å². The summed E-state index contributed by atoms with van der Waals surface area (Å²) in [5.74, 6) is 1.71. The van der Waals surface area contributed by atoms with Gasteiger partial charge in [-0.25, -0.2) is 0 Å². The SMILES string of the molecule is CCOc1cccc(CNC)c1OCCC(C)(C)C. The molecule has 0 atom stereocenters. The Morgan fingerprint density at radius 2 is 1.89 bits per heavy atom. The largest absolute Gasteiger partial charge is 0.490 e. The lowest BCUT2D eigenvalue weighted by Crippen LogP contribution is -2.13. The second-order valence-corrected chi connectivity index (χ2v) is 5.87. The van der Waals surface area contributed by atoms with Crippen LogP contribution in [0.5, 0.6) is 11.5 Å². The van der Waals surface area contributed by atoms with Crippen LogP contribution >= 0.6 is 0 Å². The molecule has 1 rings (SSSR count). The van der Waals surface area contributed by atoms with Gasteiger partial charge in [0.1, 0.15) is 0 Å². The second kappa shape index (κ2) is 7.39. The number of nitrogens with one attached hydrogen (secondary N) is 1. The summed E-state index contributed by atoms with van der Waals surface area (Å²) in [6.45, 7) is 10.8. The molecule has 1 aromatic rings. The molecule has 3 heteroatoms. The van der Waals surface area contributed by atoms with Gasteiger partial charge >= 0.3 is 0 Å². The van der Waals surface area contributed by atoms with Crippen molar-refractivity contribution >= 4 is 0 Å². The van der Waals surface area contributed by atoms with Crippen LogP contribution < -0.4 is 14.8 Å². The highest BCUT2D eigenvalue weighted by atomic mass is 16.5. The summed E-state index contributed by atoms with van der Waals surface area (Å²) in [6, 6.07) is 6.05. The van der Waals surface area contributed by atoms with E-state index >= 15 is 0 Å². The maximum atomic E-state index is 5.98. The summed E-state index contributed by atoms with van der Waals surface area (Å²) < 4.78 is 11.6. The molecular formula is C16H27NO2. The molecule has 1 N–H and O–H groups in total. The zero-order valence-corrected chi connectivity index (χ0v) is 12.9. The van der Waals surface area contributed by atoms with Gasteiger partial charge in [-0.15, -0.1) is 0 Å². The Kier molecular flexibility index (Phi) is 6.16. The third-order valence-electron chi connectivity index (χ3n) is 2.83. The van der Waals surface area contributed by atoms with Crippen LogP contribution in [0.1, 0.15) is 39.7 Å². The highest BCUT2D eigenvalue weighted by molar-refractivity contribution is 5.46. The predicted molar refractivity (Wildman–Crippen MR) is 79.9 cm³/mol. The van der Waals surface area contributed by atoms with Gasteiger partial charge in [0, 0.05) is 12.1 Å². The molecule has 1 aromatic carbocycles. The van der Waals surface area contributed by atoms with E-state index in [1.807, 2.05) is 26.1 Å². The molecule has 0 radical (unpaired) electrons. The van der Waals surface area contributed by atoms with Gasteiger partial charge in [0.05, 0.1) is 13.2 Å². The third-order valence-corrected chi connectivity index (χ3v) is 2.83. The topological polar surface area (TPSA) is 30.5 Å². The molecule has 0 saturated carbocycles. The number of ether oxygens (including phenoxy) is 2. The summed E-state index contributed by atoms with van der Waals surface area (Å²) in [4.78, 5) is 0. The first-order valence-electron chi connectivity index (χ1n) is 7.00. The second-order valence-electron chi connectivity index (χ2n) is 5.87. The molecule has 0 heterocycles. The van der Waals surface area contributed by atoms with Crippen molar-refractivity contribution in [3.8, 4) is 11.5 Å². The molecule has 19 heavy (non-hydrogen) atoms. The van der Waals surface area contributed by atoms with Gasteiger partial charge < -0.3 is 14.8 Å². The number of benzene rings is 1. The predicted octanol–water partition coefficient (Wildman–Crippen LogP) is 3.62. The maximum absolute atomic E-state index is 5.98. The van der Waals surface area contributed by atoms with Gasteiger partial charge in [0.15, 0.2) is 11.5 Å². The Morgan fingerprint density at radius 1 is 1.16 bits per heavy atom. The Bertz CT molecular complexity index is 359. The zero-order chi connectivity index (χ0) is 14.3. The molecule has 0 aliphatic rings. The standard InChI is InChI=1S/C16H27NO2/c1-6-18-14-9-7-8-13(12-17-5)15(14)19-11-10-16(2,3)4/h7-9,17H,6,10-12H2,1-5H3. The van der Waals surface area contributed by atoms with E-state index in [0.29, 0.717) is 13.2 Å². The first kappa shape index (κ1) is 15.8. The molecule has 0 bridgehead atoms. The fraction of sp³-hybridized carbons (Fsp3) is 0.625. The van der Waals surface area contributed by atoms with Crippen molar-refractivity contribution in [2.24, 2.45) is 5.41 Å². The van der Waals surface area contributed by atoms with Crippen LogP contribution in [0.4, 0.5) is 0 Å². The minimum absolute atomic E-state index is 0.281. The van der Waals surface area contributed by atoms with Gasteiger partial charge in [0.2, 0.25) is 0 Å². The summed E-state index contributed by atoms with van der Waals surface area (Å²) in [5.41, 5.74) is 1.42. The summed E-state index contributed by atoms with van der Waals surface area (Å²) >= 11 is 0. The Hall–Kier alpha value is -1.22. The van der Waals surface area contributed by atoms with Gasteiger partial charge in [-0.05, 0) is 31.9 Å². The number of hydrogen-bond donors (Lipinski definition) is 1. The fourth-order valence-corrected chi connectivity index (χ4v) is 1.78. The fourth-order valence-electron chi connectivity index (χ4n) is 1.78. The van der Waals surface area contributed by atoms with E-state index in [1.165, 1.54) is 0 Å². The maximum Gasteiger partial charge on any atom is 0.165 e. The molecule has 3 nitrogen and oxygen atoms in total. The van der Waals surface area contributed by atoms with Crippen molar-refractivity contribution in [3.63, 3.8) is 0 Å². The van der Waals surface area contributed by atoms with Crippen LogP contribution in [0.15, 0.2) is 18.2 Å². The Morgan fingerprint density at radius 3 is 2.47 bits per heavy atom. The van der Waals surface area contributed by atoms with E-state index in [2.05, 4.69) is 32.2 Å². The zero-order valence-electron chi connectivity index (χ0n) is 12.9. The number of para-hydroxylation sites is 1. The van der Waals surface area contributed by atoms with Crippen LogP contribution in [-0.4, -0.2) is 20.3 Å². The average Bonchev–Trinajstić information content (AvgIpc) is 2.31.